The number of carbonyl (C=O) groups is 1. The van der Waals surface area contributed by atoms with Gasteiger partial charge in [-0.05, 0) is 29.7 Å². The lowest BCUT2D eigenvalue weighted by Gasteiger charge is -2.22. The maximum absolute atomic E-state index is 12.6. The molecule has 0 bridgehead atoms. The van der Waals surface area contributed by atoms with Gasteiger partial charge in [-0.25, -0.2) is 0 Å². The van der Waals surface area contributed by atoms with Crippen LogP contribution in [0, 0.1) is 0 Å². The summed E-state index contributed by atoms with van der Waals surface area (Å²) >= 11 is 0. The molecular weight excluding hydrogens is 314 g/mol. The normalized spacial score (nSPS) is 16.3. The molecule has 0 radical (unpaired) electrons. The number of benzene rings is 2. The van der Waals surface area contributed by atoms with Crippen molar-refractivity contribution in [2.45, 2.75) is 19.4 Å². The van der Waals surface area contributed by atoms with E-state index in [9.17, 15) is 9.90 Å². The number of H-pyrrole nitrogens is 1. The van der Waals surface area contributed by atoms with Crippen molar-refractivity contribution in [3.05, 3.63) is 70.9 Å². The van der Waals surface area contributed by atoms with Gasteiger partial charge in [-0.1, -0.05) is 43.3 Å². The summed E-state index contributed by atoms with van der Waals surface area (Å²) in [6.45, 7) is 2.12. The molecule has 0 saturated carbocycles. The van der Waals surface area contributed by atoms with Gasteiger partial charge in [0.15, 0.2) is 0 Å². The van der Waals surface area contributed by atoms with Crippen LogP contribution in [-0.2, 0) is 6.42 Å². The van der Waals surface area contributed by atoms with E-state index in [2.05, 4.69) is 41.4 Å². The Morgan fingerprint density at radius 1 is 1.16 bits per heavy atom. The highest BCUT2D eigenvalue weighted by molar-refractivity contribution is 6.00. The Kier molecular flexibility index (Phi) is 3.57. The smallest absolute Gasteiger partial charge is 0.272 e. The zero-order valence-corrected chi connectivity index (χ0v) is 14.2. The van der Waals surface area contributed by atoms with Crippen LogP contribution in [0.5, 0.6) is 5.75 Å². The molecular formula is C20H19N3O2. The number of rotatable bonds is 3. The van der Waals surface area contributed by atoms with E-state index in [1.54, 1.807) is 24.1 Å². The number of nitrogens with zero attached hydrogens (tertiary/aromatic N) is 2. The van der Waals surface area contributed by atoms with E-state index >= 15 is 0 Å². The van der Waals surface area contributed by atoms with Crippen LogP contribution in [-0.4, -0.2) is 33.2 Å². The fraction of sp³-hybridized carbons (Fsp3) is 0.200. The molecule has 25 heavy (non-hydrogen) atoms. The zero-order chi connectivity index (χ0) is 17.6. The Labute approximate surface area is 145 Å². The number of nitrogens with one attached hydrogen (secondary N) is 1. The topological polar surface area (TPSA) is 69.2 Å². The Morgan fingerprint density at radius 2 is 1.88 bits per heavy atom. The van der Waals surface area contributed by atoms with Crippen LogP contribution < -0.4 is 0 Å². The number of aromatic nitrogens is 2. The first-order valence-corrected chi connectivity index (χ1v) is 8.34. The highest BCUT2D eigenvalue weighted by Gasteiger charge is 2.40. The van der Waals surface area contributed by atoms with E-state index in [1.165, 1.54) is 5.56 Å². The number of carbonyl (C=O) groups excluding carboxylic acids is 1. The van der Waals surface area contributed by atoms with Crippen LogP contribution in [0.3, 0.4) is 0 Å². The first-order valence-electron chi connectivity index (χ1n) is 8.34. The quantitative estimate of drug-likeness (QED) is 0.770. The molecule has 3 aromatic rings. The van der Waals surface area contributed by atoms with E-state index in [0.29, 0.717) is 17.0 Å². The lowest BCUT2D eigenvalue weighted by atomic mass is 9.95. The Hall–Kier alpha value is -3.08. The van der Waals surface area contributed by atoms with Crippen molar-refractivity contribution in [2.24, 2.45) is 0 Å². The highest BCUT2D eigenvalue weighted by Crippen LogP contribution is 2.43. The minimum Gasteiger partial charge on any atom is -0.507 e. The largest absolute Gasteiger partial charge is 0.507 e. The van der Waals surface area contributed by atoms with Gasteiger partial charge in [0.25, 0.3) is 5.91 Å². The van der Waals surface area contributed by atoms with Crippen LogP contribution in [0.4, 0.5) is 0 Å². The average Bonchev–Trinajstić information content (AvgIpc) is 3.16. The Balaban J connectivity index is 1.88. The SMILES string of the molecule is CCc1ccc([C@@H]2c3c(-c4ccccc4O)n[nH]c3C(=O)N2C)cc1. The summed E-state index contributed by atoms with van der Waals surface area (Å²) in [7, 11) is 1.79. The van der Waals surface area contributed by atoms with E-state index in [-0.39, 0.29) is 17.7 Å². The standard InChI is InChI=1S/C20H19N3O2/c1-3-12-8-10-13(11-9-12)19-16-17(14-6-4-5-7-15(14)24)21-22-18(16)20(25)23(19)2/h4-11,19,24H,3H2,1-2H3,(H,21,22)/t19-/m1/s1. The fourth-order valence-electron chi connectivity index (χ4n) is 3.47. The van der Waals surface area contributed by atoms with Crippen molar-refractivity contribution in [1.29, 1.82) is 0 Å². The minimum atomic E-state index is -0.221. The van der Waals surface area contributed by atoms with Crippen molar-refractivity contribution in [2.75, 3.05) is 7.05 Å². The summed E-state index contributed by atoms with van der Waals surface area (Å²) in [5.41, 5.74) is 4.84. The monoisotopic (exact) mass is 333 g/mol. The molecule has 0 aliphatic carbocycles. The third kappa shape index (κ3) is 2.31. The van der Waals surface area contributed by atoms with Crippen molar-refractivity contribution in [3.8, 4) is 17.0 Å². The van der Waals surface area contributed by atoms with Gasteiger partial charge < -0.3 is 10.0 Å². The van der Waals surface area contributed by atoms with Gasteiger partial charge in [-0.15, -0.1) is 0 Å². The number of fused-ring (bicyclic) bond motifs is 1. The van der Waals surface area contributed by atoms with Crippen molar-refractivity contribution in [1.82, 2.24) is 15.1 Å². The number of aromatic amines is 1. The van der Waals surface area contributed by atoms with E-state index in [0.717, 1.165) is 17.5 Å². The Bertz CT molecular complexity index is 944. The van der Waals surface area contributed by atoms with Gasteiger partial charge >= 0.3 is 0 Å². The maximum atomic E-state index is 12.6. The van der Waals surface area contributed by atoms with E-state index < -0.39 is 0 Å². The minimum absolute atomic E-state index is 0.0891. The molecule has 5 nitrogen and oxygen atoms in total. The molecule has 4 rings (SSSR count). The second kappa shape index (κ2) is 5.77. The van der Waals surface area contributed by atoms with Crippen molar-refractivity contribution in [3.63, 3.8) is 0 Å². The third-order valence-corrected chi connectivity index (χ3v) is 4.86. The van der Waals surface area contributed by atoms with Gasteiger partial charge in [-0.3, -0.25) is 9.89 Å². The van der Waals surface area contributed by atoms with Gasteiger partial charge in [0.05, 0.1) is 6.04 Å². The number of para-hydroxylation sites is 1. The van der Waals surface area contributed by atoms with E-state index in [4.69, 9.17) is 0 Å². The Morgan fingerprint density at radius 3 is 2.56 bits per heavy atom. The van der Waals surface area contributed by atoms with E-state index in [1.807, 2.05) is 12.1 Å². The number of phenols is 1. The van der Waals surface area contributed by atoms with Crippen LogP contribution in [0.2, 0.25) is 0 Å². The molecule has 126 valence electrons. The number of aromatic hydroxyl groups is 1. The summed E-state index contributed by atoms with van der Waals surface area (Å²) in [6, 6.07) is 15.1. The molecule has 0 unspecified atom stereocenters. The predicted molar refractivity (Wildman–Crippen MR) is 95.4 cm³/mol. The number of hydrogen-bond acceptors (Lipinski definition) is 3. The molecule has 1 aliphatic heterocycles. The molecule has 1 amide bonds. The second-order valence-electron chi connectivity index (χ2n) is 6.29. The van der Waals surface area contributed by atoms with Crippen LogP contribution in [0.15, 0.2) is 48.5 Å². The van der Waals surface area contributed by atoms with Crippen molar-refractivity contribution >= 4 is 5.91 Å². The molecule has 0 spiro atoms. The van der Waals surface area contributed by atoms with Gasteiger partial charge in [-0.2, -0.15) is 5.10 Å². The number of hydrogen-bond donors (Lipinski definition) is 2. The van der Waals surface area contributed by atoms with Crippen LogP contribution in [0.1, 0.15) is 40.1 Å². The van der Waals surface area contributed by atoms with Gasteiger partial charge in [0.2, 0.25) is 0 Å². The summed E-state index contributed by atoms with van der Waals surface area (Å²) in [4.78, 5) is 14.3. The first kappa shape index (κ1) is 15.4. The van der Waals surface area contributed by atoms with Gasteiger partial charge in [0, 0.05) is 18.2 Å². The lowest BCUT2D eigenvalue weighted by Crippen LogP contribution is -2.24. The molecule has 2 aromatic carbocycles. The number of phenolic OH excluding ortho intramolecular Hbond substituents is 1. The summed E-state index contributed by atoms with van der Waals surface area (Å²) in [6.07, 6.45) is 0.972. The average molecular weight is 333 g/mol. The number of aryl methyl sites for hydroxylation is 1. The summed E-state index contributed by atoms with van der Waals surface area (Å²) in [5.74, 6) is 0.0626. The third-order valence-electron chi connectivity index (χ3n) is 4.86. The second-order valence-corrected chi connectivity index (χ2v) is 6.29. The summed E-state index contributed by atoms with van der Waals surface area (Å²) < 4.78 is 0. The van der Waals surface area contributed by atoms with Crippen molar-refractivity contribution < 1.29 is 9.90 Å². The molecule has 2 N–H and O–H groups in total. The predicted octanol–water partition coefficient (Wildman–Crippen LogP) is 3.52. The first-order chi connectivity index (χ1) is 12.1. The molecule has 2 heterocycles. The van der Waals surface area contributed by atoms with Crippen LogP contribution in [0.25, 0.3) is 11.3 Å². The molecule has 0 saturated heterocycles. The molecule has 1 atom stereocenters. The zero-order valence-electron chi connectivity index (χ0n) is 14.2. The summed E-state index contributed by atoms with van der Waals surface area (Å²) in [5, 5.41) is 17.4. The molecule has 1 aliphatic rings. The van der Waals surface area contributed by atoms with Gasteiger partial charge in [0.1, 0.15) is 17.1 Å². The highest BCUT2D eigenvalue weighted by atomic mass is 16.3. The van der Waals surface area contributed by atoms with Crippen LogP contribution >= 0.6 is 0 Å². The lowest BCUT2D eigenvalue weighted by molar-refractivity contribution is 0.0788. The fourth-order valence-corrected chi connectivity index (χ4v) is 3.47. The molecule has 0 fully saturated rings. The molecule has 5 heteroatoms. The maximum Gasteiger partial charge on any atom is 0.272 e. The number of amides is 1. The molecule has 1 aromatic heterocycles.